The lowest BCUT2D eigenvalue weighted by molar-refractivity contribution is 0.753. The molecule has 25 heavy (non-hydrogen) atoms. The zero-order valence-electron chi connectivity index (χ0n) is 13.9. The van der Waals surface area contributed by atoms with Crippen LogP contribution in [0.4, 0.5) is 0 Å². The van der Waals surface area contributed by atoms with Crippen LogP contribution in [0.25, 0.3) is 5.57 Å². The molecule has 0 atom stereocenters. The maximum Gasteiger partial charge on any atom is 0.0727 e. The number of rotatable bonds is 2. The second kappa shape index (κ2) is 5.49. The van der Waals surface area contributed by atoms with Crippen molar-refractivity contribution >= 4 is 5.57 Å². The Morgan fingerprint density at radius 3 is 1.96 bits per heavy atom. The maximum atomic E-state index is 3.45. The van der Waals surface area contributed by atoms with Gasteiger partial charge < -0.3 is 5.32 Å². The van der Waals surface area contributed by atoms with E-state index >= 15 is 0 Å². The fourth-order valence-corrected chi connectivity index (χ4v) is 4.43. The minimum Gasteiger partial charge on any atom is -0.387 e. The molecule has 0 saturated heterocycles. The SMILES string of the molecule is C1=C2C(=CNC1)C(c1ccccc1)(c1ccccc1)c1ccccc12. The van der Waals surface area contributed by atoms with Gasteiger partial charge in [-0.25, -0.2) is 0 Å². The summed E-state index contributed by atoms with van der Waals surface area (Å²) in [5.41, 5.74) is 7.79. The zero-order valence-corrected chi connectivity index (χ0v) is 13.9. The minimum absolute atomic E-state index is 0.266. The van der Waals surface area contributed by atoms with E-state index in [0.717, 1.165) is 6.54 Å². The molecule has 120 valence electrons. The molecular formula is C24H19N. The smallest absolute Gasteiger partial charge is 0.0727 e. The van der Waals surface area contributed by atoms with Gasteiger partial charge in [0.05, 0.1) is 5.41 Å². The molecule has 1 aliphatic carbocycles. The van der Waals surface area contributed by atoms with Crippen LogP contribution in [0.2, 0.25) is 0 Å². The number of allylic oxidation sites excluding steroid dienone is 2. The molecule has 0 bridgehead atoms. The van der Waals surface area contributed by atoms with Crippen molar-refractivity contribution in [3.8, 4) is 0 Å². The largest absolute Gasteiger partial charge is 0.387 e. The first-order valence-corrected chi connectivity index (χ1v) is 8.78. The molecular weight excluding hydrogens is 302 g/mol. The van der Waals surface area contributed by atoms with E-state index in [9.17, 15) is 0 Å². The van der Waals surface area contributed by atoms with Crippen LogP contribution in [0.1, 0.15) is 22.3 Å². The van der Waals surface area contributed by atoms with Gasteiger partial charge in [-0.3, -0.25) is 0 Å². The van der Waals surface area contributed by atoms with Crippen LogP contribution in [0.15, 0.2) is 103 Å². The minimum atomic E-state index is -0.266. The second-order valence-corrected chi connectivity index (χ2v) is 6.61. The van der Waals surface area contributed by atoms with Crippen molar-refractivity contribution in [2.45, 2.75) is 5.41 Å². The molecule has 0 saturated carbocycles. The van der Waals surface area contributed by atoms with E-state index in [1.165, 1.54) is 33.4 Å². The average Bonchev–Trinajstić information content (AvgIpc) is 3.01. The number of dihydropyridines is 1. The Morgan fingerprint density at radius 2 is 1.28 bits per heavy atom. The van der Waals surface area contributed by atoms with Crippen LogP contribution in [0, 0.1) is 0 Å². The van der Waals surface area contributed by atoms with Gasteiger partial charge in [0.1, 0.15) is 0 Å². The van der Waals surface area contributed by atoms with Crippen molar-refractivity contribution in [1.82, 2.24) is 5.32 Å². The molecule has 0 unspecified atom stereocenters. The van der Waals surface area contributed by atoms with E-state index in [1.54, 1.807) is 0 Å². The summed E-state index contributed by atoms with van der Waals surface area (Å²) in [6, 6.07) is 30.6. The molecule has 2 aliphatic rings. The van der Waals surface area contributed by atoms with Gasteiger partial charge in [-0.1, -0.05) is 91.0 Å². The summed E-state index contributed by atoms with van der Waals surface area (Å²) in [7, 11) is 0. The van der Waals surface area contributed by atoms with Gasteiger partial charge in [-0.2, -0.15) is 0 Å². The molecule has 1 heteroatoms. The normalized spacial score (nSPS) is 17.0. The Balaban J connectivity index is 1.94. The van der Waals surface area contributed by atoms with Crippen LogP contribution < -0.4 is 5.32 Å². The third kappa shape index (κ3) is 1.90. The van der Waals surface area contributed by atoms with Gasteiger partial charge in [0, 0.05) is 12.7 Å². The highest BCUT2D eigenvalue weighted by Crippen LogP contribution is 2.57. The van der Waals surface area contributed by atoms with Gasteiger partial charge in [-0.15, -0.1) is 0 Å². The molecule has 3 aromatic rings. The fraction of sp³-hybridized carbons (Fsp3) is 0.0833. The topological polar surface area (TPSA) is 12.0 Å². The summed E-state index contributed by atoms with van der Waals surface area (Å²) < 4.78 is 0. The van der Waals surface area contributed by atoms with Gasteiger partial charge in [0.2, 0.25) is 0 Å². The van der Waals surface area contributed by atoms with Crippen molar-refractivity contribution in [3.63, 3.8) is 0 Å². The maximum absolute atomic E-state index is 3.45. The summed E-state index contributed by atoms with van der Waals surface area (Å²) in [6.45, 7) is 0.882. The molecule has 0 spiro atoms. The van der Waals surface area contributed by atoms with Crippen molar-refractivity contribution in [1.29, 1.82) is 0 Å². The molecule has 5 rings (SSSR count). The monoisotopic (exact) mass is 321 g/mol. The predicted molar refractivity (Wildman–Crippen MR) is 103 cm³/mol. The van der Waals surface area contributed by atoms with Crippen molar-refractivity contribution < 1.29 is 0 Å². The summed E-state index contributed by atoms with van der Waals surface area (Å²) in [4.78, 5) is 0. The van der Waals surface area contributed by atoms with Gasteiger partial charge in [0.25, 0.3) is 0 Å². The molecule has 1 aliphatic heterocycles. The lowest BCUT2D eigenvalue weighted by Crippen LogP contribution is -2.30. The number of fused-ring (bicyclic) bond motifs is 3. The van der Waals surface area contributed by atoms with E-state index in [0.29, 0.717) is 0 Å². The first kappa shape index (κ1) is 14.3. The molecule has 1 heterocycles. The molecule has 1 nitrogen and oxygen atoms in total. The lowest BCUT2D eigenvalue weighted by Gasteiger charge is -2.34. The Hall–Kier alpha value is -3.06. The van der Waals surface area contributed by atoms with E-state index in [-0.39, 0.29) is 5.41 Å². The highest BCUT2D eigenvalue weighted by molar-refractivity contribution is 5.94. The Kier molecular flexibility index (Phi) is 3.14. The van der Waals surface area contributed by atoms with Crippen LogP contribution in [0.5, 0.6) is 0 Å². The molecule has 0 radical (unpaired) electrons. The Labute approximate surface area is 148 Å². The summed E-state index contributed by atoms with van der Waals surface area (Å²) in [5, 5.41) is 3.45. The number of nitrogens with one attached hydrogen (secondary N) is 1. The van der Waals surface area contributed by atoms with Crippen LogP contribution in [0.3, 0.4) is 0 Å². The molecule has 0 fully saturated rings. The van der Waals surface area contributed by atoms with Crippen LogP contribution in [-0.2, 0) is 5.41 Å². The molecule has 3 aromatic carbocycles. The fourth-order valence-electron chi connectivity index (χ4n) is 4.43. The first-order chi connectivity index (χ1) is 12.4. The van der Waals surface area contributed by atoms with Crippen LogP contribution >= 0.6 is 0 Å². The quantitative estimate of drug-likeness (QED) is 0.707. The summed E-state index contributed by atoms with van der Waals surface area (Å²) >= 11 is 0. The third-order valence-corrected chi connectivity index (χ3v) is 5.40. The van der Waals surface area contributed by atoms with Crippen LogP contribution in [-0.4, -0.2) is 6.54 Å². The summed E-state index contributed by atoms with van der Waals surface area (Å²) in [6.07, 6.45) is 4.54. The molecule has 0 amide bonds. The molecule has 1 N–H and O–H groups in total. The van der Waals surface area contributed by atoms with Crippen molar-refractivity contribution in [2.24, 2.45) is 0 Å². The second-order valence-electron chi connectivity index (χ2n) is 6.61. The van der Waals surface area contributed by atoms with E-state index in [2.05, 4.69) is 103 Å². The standard InChI is InChI=1S/C24H19N/c1-3-9-18(10-4-1)24(19-11-5-2-6-12-19)22-14-8-7-13-20(22)21-15-16-25-17-23(21)24/h1-15,17,25H,16H2. The van der Waals surface area contributed by atoms with Gasteiger partial charge >= 0.3 is 0 Å². The van der Waals surface area contributed by atoms with E-state index in [4.69, 9.17) is 0 Å². The first-order valence-electron chi connectivity index (χ1n) is 8.78. The summed E-state index contributed by atoms with van der Waals surface area (Å²) in [5.74, 6) is 0. The highest BCUT2D eigenvalue weighted by Gasteiger charge is 2.48. The number of hydrogen-bond acceptors (Lipinski definition) is 1. The van der Waals surface area contributed by atoms with Crippen molar-refractivity contribution in [2.75, 3.05) is 6.54 Å². The Bertz CT molecular complexity index is 941. The van der Waals surface area contributed by atoms with E-state index in [1.807, 2.05) is 0 Å². The van der Waals surface area contributed by atoms with Crippen molar-refractivity contribution in [3.05, 3.63) is 125 Å². The lowest BCUT2D eigenvalue weighted by atomic mass is 9.67. The number of benzene rings is 3. The van der Waals surface area contributed by atoms with Gasteiger partial charge in [-0.05, 0) is 33.4 Å². The zero-order chi connectivity index (χ0) is 16.7. The molecule has 0 aromatic heterocycles. The third-order valence-electron chi connectivity index (χ3n) is 5.40. The van der Waals surface area contributed by atoms with E-state index < -0.39 is 0 Å². The van der Waals surface area contributed by atoms with Gasteiger partial charge in [0.15, 0.2) is 0 Å². The predicted octanol–water partition coefficient (Wildman–Crippen LogP) is 4.91. The average molecular weight is 321 g/mol. The Morgan fingerprint density at radius 1 is 0.680 bits per heavy atom. The highest BCUT2D eigenvalue weighted by atomic mass is 14.8. The number of hydrogen-bond donors (Lipinski definition) is 1.